The van der Waals surface area contributed by atoms with E-state index in [1.165, 1.54) is 0 Å². The highest BCUT2D eigenvalue weighted by atomic mass is 16.2. The van der Waals surface area contributed by atoms with Crippen LogP contribution in [0.2, 0.25) is 0 Å². The van der Waals surface area contributed by atoms with Crippen molar-refractivity contribution in [3.63, 3.8) is 0 Å². The molecule has 1 saturated heterocycles. The summed E-state index contributed by atoms with van der Waals surface area (Å²) >= 11 is 0. The zero-order valence-electron chi connectivity index (χ0n) is 10.7. The normalized spacial score (nSPS) is 22.1. The van der Waals surface area contributed by atoms with Gasteiger partial charge in [-0.25, -0.2) is 0 Å². The minimum Gasteiger partial charge on any atom is -0.359 e. The molecule has 3 N–H and O–H groups in total. The van der Waals surface area contributed by atoms with Crippen molar-refractivity contribution in [3.8, 4) is 0 Å². The van der Waals surface area contributed by atoms with Crippen LogP contribution < -0.4 is 11.1 Å². The summed E-state index contributed by atoms with van der Waals surface area (Å²) < 4.78 is 0. The molecule has 0 bridgehead atoms. The summed E-state index contributed by atoms with van der Waals surface area (Å²) in [6.07, 6.45) is 3.34. The summed E-state index contributed by atoms with van der Waals surface area (Å²) in [6.45, 7) is 3.25. The Labute approximate surface area is 103 Å². The van der Waals surface area contributed by atoms with Crippen molar-refractivity contribution in [2.45, 2.75) is 38.6 Å². The van der Waals surface area contributed by atoms with E-state index < -0.39 is 6.04 Å². The van der Waals surface area contributed by atoms with E-state index in [4.69, 9.17) is 5.73 Å². The van der Waals surface area contributed by atoms with E-state index in [-0.39, 0.29) is 17.7 Å². The Balaban J connectivity index is 2.54. The molecule has 1 aliphatic rings. The molecular formula is C12H23N3O2. The smallest absolute Gasteiger partial charge is 0.239 e. The Kier molecular flexibility index (Phi) is 5.41. The number of piperidine rings is 1. The zero-order chi connectivity index (χ0) is 12.8. The molecule has 5 heteroatoms. The summed E-state index contributed by atoms with van der Waals surface area (Å²) in [5.74, 6) is -0.0708. The van der Waals surface area contributed by atoms with Gasteiger partial charge in [-0.15, -0.1) is 0 Å². The topological polar surface area (TPSA) is 75.4 Å². The van der Waals surface area contributed by atoms with Gasteiger partial charge in [0.25, 0.3) is 0 Å². The van der Waals surface area contributed by atoms with Crippen LogP contribution in [0.3, 0.4) is 0 Å². The molecule has 2 unspecified atom stereocenters. The molecule has 1 aliphatic heterocycles. The molecule has 2 amide bonds. The lowest BCUT2D eigenvalue weighted by Crippen LogP contribution is -2.50. The molecular weight excluding hydrogens is 218 g/mol. The number of nitrogens with two attached hydrogens (primary N) is 1. The van der Waals surface area contributed by atoms with Crippen LogP contribution in [-0.4, -0.2) is 42.9 Å². The number of hydrogen-bond donors (Lipinski definition) is 2. The number of hydrogen-bond acceptors (Lipinski definition) is 3. The number of rotatable bonds is 4. The maximum Gasteiger partial charge on any atom is 0.239 e. The molecule has 0 aromatic rings. The molecule has 17 heavy (non-hydrogen) atoms. The van der Waals surface area contributed by atoms with Crippen LogP contribution in [0, 0.1) is 5.92 Å². The number of carbonyl (C=O) groups excluding carboxylic acids is 2. The first kappa shape index (κ1) is 14.0. The maximum atomic E-state index is 12.0. The lowest BCUT2D eigenvalue weighted by Gasteiger charge is -2.33. The molecule has 5 nitrogen and oxygen atoms in total. The van der Waals surface area contributed by atoms with Gasteiger partial charge in [-0.2, -0.15) is 0 Å². The molecule has 0 aliphatic carbocycles. The van der Waals surface area contributed by atoms with Gasteiger partial charge in [-0.1, -0.05) is 13.3 Å². The summed E-state index contributed by atoms with van der Waals surface area (Å²) in [6, 6.07) is -0.413. The van der Waals surface area contributed by atoms with Gasteiger partial charge in [0.1, 0.15) is 0 Å². The first-order valence-electron chi connectivity index (χ1n) is 6.36. The van der Waals surface area contributed by atoms with E-state index in [0.29, 0.717) is 13.0 Å². The average molecular weight is 241 g/mol. The standard InChI is InChI=1S/C12H23N3O2/c1-3-5-10(13)12(17)15-7-4-6-9(8-15)11(16)14-2/h9-10H,3-8,13H2,1-2H3,(H,14,16). The van der Waals surface area contributed by atoms with Crippen molar-refractivity contribution >= 4 is 11.8 Å². The van der Waals surface area contributed by atoms with Crippen LogP contribution in [0.4, 0.5) is 0 Å². The second kappa shape index (κ2) is 6.59. The van der Waals surface area contributed by atoms with Crippen molar-refractivity contribution in [1.29, 1.82) is 0 Å². The van der Waals surface area contributed by atoms with Gasteiger partial charge in [0.15, 0.2) is 0 Å². The fraction of sp³-hybridized carbons (Fsp3) is 0.833. The van der Waals surface area contributed by atoms with Crippen LogP contribution >= 0.6 is 0 Å². The number of nitrogens with one attached hydrogen (secondary N) is 1. The Morgan fingerprint density at radius 3 is 2.82 bits per heavy atom. The Bertz CT molecular complexity index is 281. The van der Waals surface area contributed by atoms with E-state index in [1.54, 1.807) is 11.9 Å². The number of nitrogens with zero attached hydrogens (tertiary/aromatic N) is 1. The monoisotopic (exact) mass is 241 g/mol. The van der Waals surface area contributed by atoms with E-state index in [0.717, 1.165) is 25.8 Å². The summed E-state index contributed by atoms with van der Waals surface area (Å²) in [4.78, 5) is 25.3. The van der Waals surface area contributed by atoms with Crippen molar-refractivity contribution in [3.05, 3.63) is 0 Å². The van der Waals surface area contributed by atoms with Gasteiger partial charge in [0.2, 0.25) is 11.8 Å². The number of carbonyl (C=O) groups is 2. The van der Waals surface area contributed by atoms with Gasteiger partial charge >= 0.3 is 0 Å². The zero-order valence-corrected chi connectivity index (χ0v) is 10.7. The molecule has 1 heterocycles. The van der Waals surface area contributed by atoms with Gasteiger partial charge in [0, 0.05) is 20.1 Å². The molecule has 2 atom stereocenters. The van der Waals surface area contributed by atoms with Crippen molar-refractivity contribution in [2.24, 2.45) is 11.7 Å². The third-order valence-electron chi connectivity index (χ3n) is 3.27. The van der Waals surface area contributed by atoms with Gasteiger partial charge in [-0.05, 0) is 19.3 Å². The minimum atomic E-state index is -0.413. The second-order valence-corrected chi connectivity index (χ2v) is 4.63. The second-order valence-electron chi connectivity index (χ2n) is 4.63. The fourth-order valence-electron chi connectivity index (χ4n) is 2.26. The SMILES string of the molecule is CCCC(N)C(=O)N1CCCC(C(=O)NC)C1. The summed E-state index contributed by atoms with van der Waals surface area (Å²) in [7, 11) is 1.63. The Hall–Kier alpha value is -1.10. The van der Waals surface area contributed by atoms with Gasteiger partial charge in [-0.3, -0.25) is 9.59 Å². The van der Waals surface area contributed by atoms with Gasteiger partial charge < -0.3 is 16.0 Å². The third kappa shape index (κ3) is 3.70. The first-order chi connectivity index (χ1) is 8.10. The van der Waals surface area contributed by atoms with Crippen molar-refractivity contribution < 1.29 is 9.59 Å². The lowest BCUT2D eigenvalue weighted by atomic mass is 9.96. The molecule has 1 fully saturated rings. The molecule has 0 radical (unpaired) electrons. The molecule has 0 spiro atoms. The molecule has 98 valence electrons. The fourth-order valence-corrected chi connectivity index (χ4v) is 2.26. The summed E-state index contributed by atoms with van der Waals surface area (Å²) in [5.41, 5.74) is 5.82. The van der Waals surface area contributed by atoms with Crippen LogP contribution in [0.15, 0.2) is 0 Å². The number of amides is 2. The number of likely N-dealkylation sites (tertiary alicyclic amines) is 1. The predicted octanol–water partition coefficient (Wildman–Crippen LogP) is 0.0984. The predicted molar refractivity (Wildman–Crippen MR) is 66.3 cm³/mol. The highest BCUT2D eigenvalue weighted by Gasteiger charge is 2.29. The van der Waals surface area contributed by atoms with Crippen molar-refractivity contribution in [2.75, 3.05) is 20.1 Å². The molecule has 0 saturated carbocycles. The van der Waals surface area contributed by atoms with Crippen molar-refractivity contribution in [1.82, 2.24) is 10.2 Å². The van der Waals surface area contributed by atoms with E-state index in [9.17, 15) is 9.59 Å². The molecule has 1 rings (SSSR count). The highest BCUT2D eigenvalue weighted by Crippen LogP contribution is 2.17. The quantitative estimate of drug-likeness (QED) is 0.733. The van der Waals surface area contributed by atoms with E-state index in [2.05, 4.69) is 5.32 Å². The van der Waals surface area contributed by atoms with Crippen LogP contribution in [0.5, 0.6) is 0 Å². The van der Waals surface area contributed by atoms with E-state index in [1.807, 2.05) is 6.92 Å². The van der Waals surface area contributed by atoms with Crippen LogP contribution in [0.1, 0.15) is 32.6 Å². The van der Waals surface area contributed by atoms with Gasteiger partial charge in [0.05, 0.1) is 12.0 Å². The Morgan fingerprint density at radius 2 is 2.24 bits per heavy atom. The maximum absolute atomic E-state index is 12.0. The average Bonchev–Trinajstić information content (AvgIpc) is 2.37. The molecule has 0 aromatic carbocycles. The van der Waals surface area contributed by atoms with Crippen LogP contribution in [-0.2, 0) is 9.59 Å². The van der Waals surface area contributed by atoms with E-state index >= 15 is 0 Å². The van der Waals surface area contributed by atoms with Crippen LogP contribution in [0.25, 0.3) is 0 Å². The molecule has 0 aromatic heterocycles. The third-order valence-corrected chi connectivity index (χ3v) is 3.27. The largest absolute Gasteiger partial charge is 0.359 e. The minimum absolute atomic E-state index is 0.0135. The first-order valence-corrected chi connectivity index (χ1v) is 6.36. The summed E-state index contributed by atoms with van der Waals surface area (Å²) in [5, 5.41) is 2.64. The lowest BCUT2D eigenvalue weighted by molar-refractivity contribution is -0.136. The highest BCUT2D eigenvalue weighted by molar-refractivity contribution is 5.83. The Morgan fingerprint density at radius 1 is 1.53 bits per heavy atom.